The zero-order valence-electron chi connectivity index (χ0n) is 11.2. The molecule has 0 bridgehead atoms. The number of pyridine rings is 1. The van der Waals surface area contributed by atoms with Gasteiger partial charge in [-0.05, 0) is 30.0 Å². The second-order valence-electron chi connectivity index (χ2n) is 4.87. The third-order valence-corrected chi connectivity index (χ3v) is 3.38. The number of halogens is 1. The number of aryl methyl sites for hydroxylation is 1. The topological polar surface area (TPSA) is 36.7 Å². The first-order valence-corrected chi connectivity index (χ1v) is 6.58. The molecule has 0 amide bonds. The zero-order valence-corrected chi connectivity index (χ0v) is 12.0. The van der Waals surface area contributed by atoms with Crippen molar-refractivity contribution in [3.05, 3.63) is 52.3 Å². The minimum Gasteiger partial charge on any atom is -0.240 e. The van der Waals surface area contributed by atoms with E-state index in [1.165, 1.54) is 5.56 Å². The van der Waals surface area contributed by atoms with Gasteiger partial charge < -0.3 is 0 Å². The third-order valence-electron chi connectivity index (χ3n) is 3.10. The van der Waals surface area contributed by atoms with Gasteiger partial charge in [-0.3, -0.25) is 0 Å². The van der Waals surface area contributed by atoms with Crippen molar-refractivity contribution >= 4 is 11.6 Å². The van der Waals surface area contributed by atoms with Crippen LogP contribution in [-0.4, -0.2) is 4.98 Å². The highest BCUT2D eigenvalue weighted by Crippen LogP contribution is 2.29. The number of benzene rings is 1. The smallest absolute Gasteiger partial charge is 0.147 e. The molecule has 0 spiro atoms. The first kappa shape index (κ1) is 13.6. The Bertz CT molecular complexity index is 637. The second kappa shape index (κ2) is 5.42. The van der Waals surface area contributed by atoms with E-state index in [9.17, 15) is 5.26 Å². The van der Waals surface area contributed by atoms with E-state index in [1.54, 1.807) is 0 Å². The van der Waals surface area contributed by atoms with Gasteiger partial charge in [-0.2, -0.15) is 5.26 Å². The standard InChI is InChI=1S/C16H15ClN2/c1-10(2)12-4-6-13(7-5-12)14-8-11(3)19-16(17)15(14)9-18/h4-8,10H,1-3H3. The Kier molecular flexibility index (Phi) is 3.87. The molecule has 1 aromatic carbocycles. The van der Waals surface area contributed by atoms with Crippen LogP contribution in [0.25, 0.3) is 11.1 Å². The number of hydrogen-bond acceptors (Lipinski definition) is 2. The van der Waals surface area contributed by atoms with Gasteiger partial charge in [0.2, 0.25) is 0 Å². The van der Waals surface area contributed by atoms with E-state index >= 15 is 0 Å². The van der Waals surface area contributed by atoms with Gasteiger partial charge in [0.25, 0.3) is 0 Å². The van der Waals surface area contributed by atoms with Gasteiger partial charge in [0.15, 0.2) is 0 Å². The summed E-state index contributed by atoms with van der Waals surface area (Å²) < 4.78 is 0. The molecule has 2 aromatic rings. The first-order valence-electron chi connectivity index (χ1n) is 6.20. The monoisotopic (exact) mass is 270 g/mol. The molecule has 1 heterocycles. The fourth-order valence-electron chi connectivity index (χ4n) is 2.02. The average molecular weight is 271 g/mol. The number of aromatic nitrogens is 1. The molecule has 96 valence electrons. The minimum absolute atomic E-state index is 0.269. The summed E-state index contributed by atoms with van der Waals surface area (Å²) >= 11 is 6.03. The van der Waals surface area contributed by atoms with E-state index in [0.29, 0.717) is 11.5 Å². The Balaban J connectivity index is 2.56. The number of rotatable bonds is 2. The Morgan fingerprint density at radius 3 is 2.37 bits per heavy atom. The Hall–Kier alpha value is -1.85. The van der Waals surface area contributed by atoms with Crippen LogP contribution < -0.4 is 0 Å². The fourth-order valence-corrected chi connectivity index (χ4v) is 2.29. The van der Waals surface area contributed by atoms with E-state index < -0.39 is 0 Å². The van der Waals surface area contributed by atoms with Crippen molar-refractivity contribution in [1.82, 2.24) is 4.98 Å². The van der Waals surface area contributed by atoms with Gasteiger partial charge in [0.05, 0.1) is 5.56 Å². The molecule has 2 rings (SSSR count). The van der Waals surface area contributed by atoms with Crippen molar-refractivity contribution in [3.8, 4) is 17.2 Å². The molecule has 0 fully saturated rings. The fraction of sp³-hybridized carbons (Fsp3) is 0.250. The van der Waals surface area contributed by atoms with Crippen LogP contribution in [0.5, 0.6) is 0 Å². The number of hydrogen-bond donors (Lipinski definition) is 0. The van der Waals surface area contributed by atoms with Crippen LogP contribution in [0.1, 0.15) is 36.6 Å². The summed E-state index contributed by atoms with van der Waals surface area (Å²) in [6.45, 7) is 6.19. The SMILES string of the molecule is Cc1cc(-c2ccc(C(C)C)cc2)c(C#N)c(Cl)n1. The van der Waals surface area contributed by atoms with Crippen LogP contribution in [0.3, 0.4) is 0 Å². The number of nitrogens with zero attached hydrogens (tertiary/aromatic N) is 2. The molecule has 0 saturated heterocycles. The van der Waals surface area contributed by atoms with Crippen molar-refractivity contribution in [2.45, 2.75) is 26.7 Å². The third kappa shape index (κ3) is 2.77. The van der Waals surface area contributed by atoms with Gasteiger partial charge in [-0.1, -0.05) is 49.7 Å². The van der Waals surface area contributed by atoms with E-state index in [-0.39, 0.29) is 5.15 Å². The summed E-state index contributed by atoms with van der Waals surface area (Å²) in [6, 6.07) is 12.3. The predicted octanol–water partition coefficient (Wildman–Crippen LogP) is 4.71. The maximum absolute atomic E-state index is 9.22. The van der Waals surface area contributed by atoms with Gasteiger partial charge in [-0.15, -0.1) is 0 Å². The van der Waals surface area contributed by atoms with E-state index in [1.807, 2.05) is 25.1 Å². The summed E-state index contributed by atoms with van der Waals surface area (Å²) in [5, 5.41) is 9.49. The molecule has 0 radical (unpaired) electrons. The summed E-state index contributed by atoms with van der Waals surface area (Å²) in [6.07, 6.45) is 0. The highest BCUT2D eigenvalue weighted by molar-refractivity contribution is 6.31. The average Bonchev–Trinajstić information content (AvgIpc) is 2.38. The molecule has 0 saturated carbocycles. The maximum Gasteiger partial charge on any atom is 0.147 e. The van der Waals surface area contributed by atoms with E-state index in [4.69, 9.17) is 11.6 Å². The van der Waals surface area contributed by atoms with Gasteiger partial charge in [0, 0.05) is 11.3 Å². The lowest BCUT2D eigenvalue weighted by molar-refractivity contribution is 0.867. The first-order chi connectivity index (χ1) is 9.02. The number of nitriles is 1. The van der Waals surface area contributed by atoms with Crippen molar-refractivity contribution in [1.29, 1.82) is 5.26 Å². The van der Waals surface area contributed by atoms with Crippen LogP contribution in [0.15, 0.2) is 30.3 Å². The molecule has 3 heteroatoms. The highest BCUT2D eigenvalue weighted by atomic mass is 35.5. The Labute approximate surface area is 118 Å². The summed E-state index contributed by atoms with van der Waals surface area (Å²) in [5.41, 5.74) is 4.36. The van der Waals surface area contributed by atoms with Crippen molar-refractivity contribution in [2.75, 3.05) is 0 Å². The minimum atomic E-state index is 0.269. The molecule has 19 heavy (non-hydrogen) atoms. The summed E-state index contributed by atoms with van der Waals surface area (Å²) in [5.74, 6) is 0.493. The molecular weight excluding hydrogens is 256 g/mol. The lowest BCUT2D eigenvalue weighted by Gasteiger charge is -2.09. The molecule has 0 N–H and O–H groups in total. The Morgan fingerprint density at radius 2 is 1.84 bits per heavy atom. The van der Waals surface area contributed by atoms with Crippen LogP contribution in [0.4, 0.5) is 0 Å². The van der Waals surface area contributed by atoms with Crippen LogP contribution in [-0.2, 0) is 0 Å². The molecular formula is C16H15ClN2. The molecule has 1 aromatic heterocycles. The van der Waals surface area contributed by atoms with Crippen molar-refractivity contribution in [2.24, 2.45) is 0 Å². The van der Waals surface area contributed by atoms with Crippen molar-refractivity contribution in [3.63, 3.8) is 0 Å². The van der Waals surface area contributed by atoms with Crippen LogP contribution >= 0.6 is 11.6 Å². The van der Waals surface area contributed by atoms with Crippen LogP contribution in [0, 0.1) is 18.3 Å². The molecule has 0 aliphatic rings. The zero-order chi connectivity index (χ0) is 14.0. The van der Waals surface area contributed by atoms with Crippen LogP contribution in [0.2, 0.25) is 5.15 Å². The lowest BCUT2D eigenvalue weighted by atomic mass is 9.97. The summed E-state index contributed by atoms with van der Waals surface area (Å²) in [7, 11) is 0. The highest BCUT2D eigenvalue weighted by Gasteiger charge is 2.11. The largest absolute Gasteiger partial charge is 0.240 e. The summed E-state index contributed by atoms with van der Waals surface area (Å²) in [4.78, 5) is 4.12. The normalized spacial score (nSPS) is 10.5. The Morgan fingerprint density at radius 1 is 1.21 bits per heavy atom. The maximum atomic E-state index is 9.22. The van der Waals surface area contributed by atoms with E-state index in [2.05, 4.69) is 37.0 Å². The predicted molar refractivity (Wildman–Crippen MR) is 78.2 cm³/mol. The molecule has 0 aliphatic carbocycles. The van der Waals surface area contributed by atoms with Crippen molar-refractivity contribution < 1.29 is 0 Å². The quantitative estimate of drug-likeness (QED) is 0.741. The van der Waals surface area contributed by atoms with Gasteiger partial charge in [-0.25, -0.2) is 4.98 Å². The molecule has 0 unspecified atom stereocenters. The van der Waals surface area contributed by atoms with E-state index in [0.717, 1.165) is 16.8 Å². The molecule has 0 aliphatic heterocycles. The molecule has 0 atom stereocenters. The molecule has 2 nitrogen and oxygen atoms in total. The van der Waals surface area contributed by atoms with Gasteiger partial charge in [0.1, 0.15) is 11.2 Å². The second-order valence-corrected chi connectivity index (χ2v) is 5.22. The lowest BCUT2D eigenvalue weighted by Crippen LogP contribution is -1.93. The van der Waals surface area contributed by atoms with Gasteiger partial charge >= 0.3 is 0 Å².